The van der Waals surface area contributed by atoms with Crippen molar-refractivity contribution in [1.29, 1.82) is 0 Å². The molecule has 0 aliphatic carbocycles. The highest BCUT2D eigenvalue weighted by molar-refractivity contribution is 5.47. The number of aromatic nitrogens is 4. The van der Waals surface area contributed by atoms with Gasteiger partial charge in [-0.15, -0.1) is 0 Å². The zero-order chi connectivity index (χ0) is 16.4. The summed E-state index contributed by atoms with van der Waals surface area (Å²) in [5.41, 5.74) is 3.61. The van der Waals surface area contributed by atoms with Crippen LogP contribution in [0.15, 0.2) is 28.9 Å². The number of hydrogen-bond donors (Lipinski definition) is 1. The first-order chi connectivity index (χ1) is 11.1. The molecule has 23 heavy (non-hydrogen) atoms. The van der Waals surface area contributed by atoms with Crippen LogP contribution >= 0.6 is 0 Å². The quantitative estimate of drug-likeness (QED) is 0.759. The Bertz CT molecular complexity index is 797. The van der Waals surface area contributed by atoms with Crippen molar-refractivity contribution in [1.82, 2.24) is 19.3 Å². The van der Waals surface area contributed by atoms with Crippen molar-refractivity contribution in [3.8, 4) is 11.6 Å². The molecule has 3 aromatic rings. The normalized spacial score (nSPS) is 11.3. The summed E-state index contributed by atoms with van der Waals surface area (Å²) in [6.07, 6.45) is 4.62. The van der Waals surface area contributed by atoms with Crippen LogP contribution in [-0.4, -0.2) is 24.4 Å². The first kappa shape index (κ1) is 15.6. The molecule has 0 bridgehead atoms. The molecule has 0 fully saturated rings. The Morgan fingerprint density at radius 2 is 2.09 bits per heavy atom. The van der Waals surface area contributed by atoms with Crippen LogP contribution in [0.5, 0.6) is 0 Å². The Morgan fingerprint density at radius 3 is 2.74 bits per heavy atom. The van der Waals surface area contributed by atoms with Crippen molar-refractivity contribution in [3.05, 3.63) is 47.2 Å². The van der Waals surface area contributed by atoms with Crippen molar-refractivity contribution in [2.24, 2.45) is 0 Å². The van der Waals surface area contributed by atoms with Crippen LogP contribution in [0.4, 0.5) is 0 Å². The molecule has 6 heteroatoms. The summed E-state index contributed by atoms with van der Waals surface area (Å²) in [4.78, 5) is 4.38. The van der Waals surface area contributed by atoms with Gasteiger partial charge in [0.05, 0.1) is 5.69 Å². The van der Waals surface area contributed by atoms with Gasteiger partial charge >= 0.3 is 0 Å². The Kier molecular flexibility index (Phi) is 4.34. The number of hydrogen-bond acceptors (Lipinski definition) is 4. The fourth-order valence-electron chi connectivity index (χ4n) is 2.93. The van der Waals surface area contributed by atoms with Crippen LogP contribution in [0.1, 0.15) is 29.6 Å². The van der Waals surface area contributed by atoms with Crippen molar-refractivity contribution >= 4 is 0 Å². The van der Waals surface area contributed by atoms with Gasteiger partial charge < -0.3 is 14.1 Å². The van der Waals surface area contributed by atoms with Crippen molar-refractivity contribution in [3.63, 3.8) is 0 Å². The minimum Gasteiger partial charge on any atom is -0.455 e. The summed E-state index contributed by atoms with van der Waals surface area (Å²) in [6.45, 7) is 7.88. The second-order valence-corrected chi connectivity index (χ2v) is 5.58. The van der Waals surface area contributed by atoms with Gasteiger partial charge in [-0.2, -0.15) is 5.10 Å². The van der Waals surface area contributed by atoms with E-state index in [1.54, 1.807) is 12.3 Å². The maximum Gasteiger partial charge on any atom is 0.176 e. The second-order valence-electron chi connectivity index (χ2n) is 5.58. The molecule has 6 nitrogen and oxygen atoms in total. The monoisotopic (exact) mass is 314 g/mol. The van der Waals surface area contributed by atoms with Crippen LogP contribution in [0.3, 0.4) is 0 Å². The van der Waals surface area contributed by atoms with Gasteiger partial charge in [0.2, 0.25) is 0 Å². The van der Waals surface area contributed by atoms with Crippen LogP contribution in [0, 0.1) is 13.8 Å². The van der Waals surface area contributed by atoms with E-state index in [1.165, 1.54) is 11.3 Å². The fraction of sp³-hybridized carbons (Fsp3) is 0.412. The third kappa shape index (κ3) is 2.94. The molecule has 0 spiro atoms. The summed E-state index contributed by atoms with van der Waals surface area (Å²) < 4.78 is 9.70. The fourth-order valence-corrected chi connectivity index (χ4v) is 2.93. The van der Waals surface area contributed by atoms with E-state index in [1.807, 2.05) is 16.9 Å². The highest BCUT2D eigenvalue weighted by Gasteiger charge is 2.14. The van der Waals surface area contributed by atoms with Gasteiger partial charge in [0.25, 0.3) is 0 Å². The van der Waals surface area contributed by atoms with E-state index in [-0.39, 0.29) is 6.61 Å². The van der Waals surface area contributed by atoms with Gasteiger partial charge in [-0.3, -0.25) is 4.68 Å². The number of furan rings is 1. The van der Waals surface area contributed by atoms with Crippen LogP contribution in [0.25, 0.3) is 11.6 Å². The summed E-state index contributed by atoms with van der Waals surface area (Å²) >= 11 is 0. The van der Waals surface area contributed by atoms with E-state index < -0.39 is 0 Å². The molecular formula is C17H22N4O2. The van der Waals surface area contributed by atoms with Gasteiger partial charge in [0.1, 0.15) is 12.4 Å². The lowest BCUT2D eigenvalue weighted by Crippen LogP contribution is -2.04. The molecule has 3 heterocycles. The summed E-state index contributed by atoms with van der Waals surface area (Å²) in [6, 6.07) is 3.62. The predicted molar refractivity (Wildman–Crippen MR) is 86.9 cm³/mol. The zero-order valence-electron chi connectivity index (χ0n) is 13.8. The highest BCUT2D eigenvalue weighted by Crippen LogP contribution is 2.22. The molecule has 0 atom stereocenters. The smallest absolute Gasteiger partial charge is 0.176 e. The molecule has 0 amide bonds. The standard InChI is InChI=1S/C17H22N4O2/c1-4-21-13(3)15(12(2)19-21)7-9-20-10-8-18-17(20)16-6-5-14(11-22)23-16/h5-6,8,10,22H,4,7,9,11H2,1-3H3. The Morgan fingerprint density at radius 1 is 1.26 bits per heavy atom. The number of aliphatic hydroxyl groups excluding tert-OH is 1. The van der Waals surface area contributed by atoms with E-state index in [2.05, 4.69) is 35.4 Å². The average molecular weight is 314 g/mol. The van der Waals surface area contributed by atoms with Crippen LogP contribution < -0.4 is 0 Å². The molecule has 0 aliphatic rings. The topological polar surface area (TPSA) is 69.0 Å². The summed E-state index contributed by atoms with van der Waals surface area (Å²) in [5, 5.41) is 13.7. The van der Waals surface area contributed by atoms with E-state index in [9.17, 15) is 0 Å². The number of rotatable bonds is 6. The predicted octanol–water partition coefficient (Wildman–Crippen LogP) is 2.71. The lowest BCUT2D eigenvalue weighted by Gasteiger charge is -2.07. The van der Waals surface area contributed by atoms with E-state index >= 15 is 0 Å². The van der Waals surface area contributed by atoms with E-state index in [0.717, 1.165) is 31.0 Å². The summed E-state index contributed by atoms with van der Waals surface area (Å²) in [7, 11) is 0. The van der Waals surface area contributed by atoms with Crippen molar-refractivity contribution < 1.29 is 9.52 Å². The highest BCUT2D eigenvalue weighted by atomic mass is 16.4. The first-order valence-corrected chi connectivity index (χ1v) is 7.88. The number of aliphatic hydroxyl groups is 1. The molecule has 1 N–H and O–H groups in total. The molecule has 0 aromatic carbocycles. The minimum absolute atomic E-state index is 0.102. The van der Waals surface area contributed by atoms with Gasteiger partial charge in [-0.1, -0.05) is 0 Å². The largest absolute Gasteiger partial charge is 0.455 e. The molecule has 0 aliphatic heterocycles. The molecule has 3 rings (SSSR count). The lowest BCUT2D eigenvalue weighted by atomic mass is 10.1. The summed E-state index contributed by atoms with van der Waals surface area (Å²) in [5.74, 6) is 2.00. The van der Waals surface area contributed by atoms with E-state index in [4.69, 9.17) is 9.52 Å². The zero-order valence-corrected chi connectivity index (χ0v) is 13.8. The second kappa shape index (κ2) is 6.42. The van der Waals surface area contributed by atoms with E-state index in [0.29, 0.717) is 11.5 Å². The van der Waals surface area contributed by atoms with Gasteiger partial charge in [0.15, 0.2) is 11.6 Å². The molecule has 0 unspecified atom stereocenters. The number of imidazole rings is 1. The molecule has 0 saturated carbocycles. The Hall–Kier alpha value is -2.34. The third-order valence-corrected chi connectivity index (χ3v) is 4.19. The van der Waals surface area contributed by atoms with Crippen LogP contribution in [0.2, 0.25) is 0 Å². The molecule has 0 saturated heterocycles. The SMILES string of the molecule is CCn1nc(C)c(CCn2ccnc2-c2ccc(CO)o2)c1C. The maximum atomic E-state index is 9.13. The first-order valence-electron chi connectivity index (χ1n) is 7.88. The number of nitrogens with zero attached hydrogens (tertiary/aromatic N) is 4. The maximum absolute atomic E-state index is 9.13. The lowest BCUT2D eigenvalue weighted by molar-refractivity contribution is 0.248. The van der Waals surface area contributed by atoms with Crippen LogP contribution in [-0.2, 0) is 26.1 Å². The van der Waals surface area contributed by atoms with Gasteiger partial charge in [-0.25, -0.2) is 4.98 Å². The Balaban J connectivity index is 1.80. The minimum atomic E-state index is -0.102. The van der Waals surface area contributed by atoms with Crippen molar-refractivity contribution in [2.75, 3.05) is 0 Å². The van der Waals surface area contributed by atoms with Gasteiger partial charge in [-0.05, 0) is 44.9 Å². The third-order valence-electron chi connectivity index (χ3n) is 4.19. The molecule has 122 valence electrons. The molecule has 0 radical (unpaired) electrons. The Labute approximate surface area is 135 Å². The number of aryl methyl sites for hydroxylation is 3. The molecular weight excluding hydrogens is 292 g/mol. The average Bonchev–Trinajstić information content (AvgIpc) is 3.25. The van der Waals surface area contributed by atoms with Gasteiger partial charge in [0, 0.05) is 31.2 Å². The molecule has 3 aromatic heterocycles. The van der Waals surface area contributed by atoms with Crippen molar-refractivity contribution in [2.45, 2.75) is 46.9 Å².